The maximum Gasteiger partial charge on any atom is 0.328 e. The largest absolute Gasteiger partial charge is 0.454 e. The normalized spacial score (nSPS) is 17.2. The lowest BCUT2D eigenvalue weighted by molar-refractivity contribution is -0.113. The number of imidazole rings is 1. The van der Waals surface area contributed by atoms with E-state index in [4.69, 9.17) is 21.7 Å². The van der Waals surface area contributed by atoms with Gasteiger partial charge < -0.3 is 9.47 Å². The van der Waals surface area contributed by atoms with Gasteiger partial charge in [0.05, 0.1) is 21.6 Å². The van der Waals surface area contributed by atoms with E-state index in [1.807, 2.05) is 18.2 Å². The minimum Gasteiger partial charge on any atom is -0.454 e. The predicted molar refractivity (Wildman–Crippen MR) is 116 cm³/mol. The van der Waals surface area contributed by atoms with E-state index in [0.29, 0.717) is 26.4 Å². The van der Waals surface area contributed by atoms with Crippen LogP contribution in [0.4, 0.5) is 5.69 Å². The summed E-state index contributed by atoms with van der Waals surface area (Å²) in [5, 5.41) is 0. The number of rotatable bonds is 2. The van der Waals surface area contributed by atoms with Crippen LogP contribution in [0.25, 0.3) is 17.1 Å². The fourth-order valence-electron chi connectivity index (χ4n) is 3.48. The van der Waals surface area contributed by atoms with Crippen LogP contribution in [0.1, 0.15) is 5.56 Å². The molecular formula is C20H15N3O4S2. The summed E-state index contributed by atoms with van der Waals surface area (Å²) < 4.78 is 14.4. The summed E-state index contributed by atoms with van der Waals surface area (Å²) in [5.41, 5.74) is 3.01. The summed E-state index contributed by atoms with van der Waals surface area (Å²) in [7, 11) is 3.47. The molecule has 0 bridgehead atoms. The molecule has 3 aromatic rings. The van der Waals surface area contributed by atoms with Crippen LogP contribution in [0, 0.1) is 0 Å². The summed E-state index contributed by atoms with van der Waals surface area (Å²) >= 11 is 6.69. The second-order valence-electron chi connectivity index (χ2n) is 6.70. The number of carbonyl (C=O) groups is 1. The summed E-state index contributed by atoms with van der Waals surface area (Å²) in [4.78, 5) is 27.2. The number of hydrogen-bond donors (Lipinski definition) is 0. The smallest absolute Gasteiger partial charge is 0.328 e. The Hall–Kier alpha value is -3.04. The molecule has 7 nitrogen and oxygen atoms in total. The van der Waals surface area contributed by atoms with Crippen LogP contribution >= 0.6 is 24.0 Å². The number of aryl methyl sites for hydroxylation is 2. The number of amides is 1. The van der Waals surface area contributed by atoms with Crippen molar-refractivity contribution in [1.82, 2.24) is 9.13 Å². The average Bonchev–Trinajstić information content (AvgIpc) is 3.35. The van der Waals surface area contributed by atoms with E-state index < -0.39 is 0 Å². The molecule has 146 valence electrons. The molecule has 0 N–H and O–H groups in total. The van der Waals surface area contributed by atoms with Crippen LogP contribution in [0.15, 0.2) is 46.1 Å². The number of benzene rings is 2. The van der Waals surface area contributed by atoms with Gasteiger partial charge in [0, 0.05) is 20.2 Å². The molecule has 2 aromatic carbocycles. The molecule has 1 fully saturated rings. The molecule has 3 heterocycles. The molecule has 0 atom stereocenters. The van der Waals surface area contributed by atoms with Gasteiger partial charge in [-0.3, -0.25) is 18.8 Å². The standard InChI is InChI=1S/C20H15N3O4S2/c1-21-13-5-3-11(7-14(13)22(2)19(21)25)8-17-18(24)23(20(28)29-17)12-4-6-15-16(9-12)27-10-26-15/h3-9H,10H2,1-2H3/b17-8+. The van der Waals surface area contributed by atoms with Gasteiger partial charge in [-0.05, 0) is 35.9 Å². The van der Waals surface area contributed by atoms with E-state index in [1.165, 1.54) is 16.7 Å². The zero-order chi connectivity index (χ0) is 20.3. The maximum absolute atomic E-state index is 13.0. The molecule has 29 heavy (non-hydrogen) atoms. The summed E-state index contributed by atoms with van der Waals surface area (Å²) in [6.45, 7) is 0.168. The zero-order valence-corrected chi connectivity index (χ0v) is 17.2. The molecule has 0 saturated carbocycles. The molecule has 0 spiro atoms. The quantitative estimate of drug-likeness (QED) is 0.465. The highest BCUT2D eigenvalue weighted by Gasteiger charge is 2.34. The SMILES string of the molecule is Cn1c(=O)n(C)c2cc(/C=C3/SC(=S)N(c4ccc5c(c4)OCO5)C3=O)ccc21. The van der Waals surface area contributed by atoms with Gasteiger partial charge in [0.1, 0.15) is 0 Å². The number of fused-ring (bicyclic) bond motifs is 2. The second kappa shape index (κ2) is 6.50. The van der Waals surface area contributed by atoms with E-state index >= 15 is 0 Å². The highest BCUT2D eigenvalue weighted by atomic mass is 32.2. The summed E-state index contributed by atoms with van der Waals surface area (Å²) in [6.07, 6.45) is 1.79. The molecule has 1 aromatic heterocycles. The van der Waals surface area contributed by atoms with E-state index in [9.17, 15) is 9.59 Å². The number of aromatic nitrogens is 2. The molecule has 1 amide bonds. The Kier molecular flexibility index (Phi) is 4.04. The Morgan fingerprint density at radius 1 is 1.00 bits per heavy atom. The Bertz CT molecular complexity index is 1310. The van der Waals surface area contributed by atoms with Crippen molar-refractivity contribution in [1.29, 1.82) is 0 Å². The van der Waals surface area contributed by atoms with Gasteiger partial charge in [-0.25, -0.2) is 4.79 Å². The first-order chi connectivity index (χ1) is 13.9. The van der Waals surface area contributed by atoms with Crippen LogP contribution in [0.5, 0.6) is 11.5 Å². The fourth-order valence-corrected chi connectivity index (χ4v) is 4.78. The Labute approximate surface area is 175 Å². The lowest BCUT2D eigenvalue weighted by atomic mass is 10.1. The molecule has 9 heteroatoms. The fraction of sp³-hybridized carbons (Fsp3) is 0.150. The van der Waals surface area contributed by atoms with Crippen molar-refractivity contribution in [2.24, 2.45) is 14.1 Å². The van der Waals surface area contributed by atoms with Gasteiger partial charge in [-0.1, -0.05) is 30.0 Å². The third-order valence-corrected chi connectivity index (χ3v) is 6.30. The first kappa shape index (κ1) is 18.0. The van der Waals surface area contributed by atoms with Gasteiger partial charge >= 0.3 is 5.69 Å². The van der Waals surface area contributed by atoms with E-state index in [2.05, 4.69) is 0 Å². The number of thiocarbonyl (C=S) groups is 1. The third kappa shape index (κ3) is 2.77. The minimum atomic E-state index is -0.194. The molecule has 2 aliphatic heterocycles. The lowest BCUT2D eigenvalue weighted by Crippen LogP contribution is -2.27. The molecule has 1 saturated heterocycles. The molecule has 0 radical (unpaired) electrons. The van der Waals surface area contributed by atoms with Gasteiger partial charge in [-0.15, -0.1) is 0 Å². The monoisotopic (exact) mass is 425 g/mol. The van der Waals surface area contributed by atoms with Crippen molar-refractivity contribution in [3.8, 4) is 11.5 Å². The third-order valence-electron chi connectivity index (χ3n) is 5.00. The Balaban J connectivity index is 1.51. The zero-order valence-electron chi connectivity index (χ0n) is 15.5. The number of thioether (sulfide) groups is 1. The number of nitrogens with zero attached hydrogens (tertiary/aromatic N) is 3. The van der Waals surface area contributed by atoms with Gasteiger partial charge in [0.25, 0.3) is 5.91 Å². The van der Waals surface area contributed by atoms with Gasteiger partial charge in [0.15, 0.2) is 15.8 Å². The van der Waals surface area contributed by atoms with Gasteiger partial charge in [0.2, 0.25) is 6.79 Å². The summed E-state index contributed by atoms with van der Waals surface area (Å²) in [6, 6.07) is 11.0. The first-order valence-corrected chi connectivity index (χ1v) is 9.99. The topological polar surface area (TPSA) is 65.7 Å². The second-order valence-corrected chi connectivity index (χ2v) is 8.38. The molecule has 0 aliphatic carbocycles. The summed E-state index contributed by atoms with van der Waals surface area (Å²) in [5.74, 6) is 1.05. The molecular weight excluding hydrogens is 410 g/mol. The van der Waals surface area contributed by atoms with Crippen molar-refractivity contribution in [2.45, 2.75) is 0 Å². The number of carbonyl (C=O) groups excluding carboxylic acids is 1. The van der Waals surface area contributed by atoms with Crippen LogP contribution < -0.4 is 20.1 Å². The van der Waals surface area contributed by atoms with Crippen molar-refractivity contribution < 1.29 is 14.3 Å². The number of hydrogen-bond acceptors (Lipinski definition) is 6. The highest BCUT2D eigenvalue weighted by molar-refractivity contribution is 8.27. The molecule has 0 unspecified atom stereocenters. The van der Waals surface area contributed by atoms with E-state index in [1.54, 1.807) is 47.5 Å². The van der Waals surface area contributed by atoms with Crippen LogP contribution in [-0.2, 0) is 18.9 Å². The van der Waals surface area contributed by atoms with Crippen molar-refractivity contribution in [2.75, 3.05) is 11.7 Å². The highest BCUT2D eigenvalue weighted by Crippen LogP contribution is 2.40. The predicted octanol–water partition coefficient (Wildman–Crippen LogP) is 3.01. The van der Waals surface area contributed by atoms with Crippen LogP contribution in [0.2, 0.25) is 0 Å². The maximum atomic E-state index is 13.0. The van der Waals surface area contributed by atoms with Gasteiger partial charge in [-0.2, -0.15) is 0 Å². The van der Waals surface area contributed by atoms with Crippen molar-refractivity contribution in [3.05, 3.63) is 57.4 Å². The van der Waals surface area contributed by atoms with Crippen molar-refractivity contribution >= 4 is 57.0 Å². The van der Waals surface area contributed by atoms with E-state index in [-0.39, 0.29) is 18.4 Å². The van der Waals surface area contributed by atoms with E-state index in [0.717, 1.165) is 16.6 Å². The molecule has 2 aliphatic rings. The number of anilines is 1. The minimum absolute atomic E-state index is 0.0914. The average molecular weight is 425 g/mol. The van der Waals surface area contributed by atoms with Crippen LogP contribution in [-0.4, -0.2) is 26.2 Å². The number of ether oxygens (including phenoxy) is 2. The first-order valence-electron chi connectivity index (χ1n) is 8.77. The Morgan fingerprint density at radius 3 is 2.59 bits per heavy atom. The Morgan fingerprint density at radius 2 is 1.76 bits per heavy atom. The lowest BCUT2D eigenvalue weighted by Gasteiger charge is -2.14. The van der Waals surface area contributed by atoms with Crippen LogP contribution in [0.3, 0.4) is 0 Å². The van der Waals surface area contributed by atoms with Crippen molar-refractivity contribution in [3.63, 3.8) is 0 Å². The molecule has 5 rings (SSSR count).